The lowest BCUT2D eigenvalue weighted by molar-refractivity contribution is 0.112. The lowest BCUT2D eigenvalue weighted by Gasteiger charge is -1.99. The van der Waals surface area contributed by atoms with Crippen molar-refractivity contribution in [3.05, 3.63) is 28.6 Å². The van der Waals surface area contributed by atoms with Crippen molar-refractivity contribution in [2.45, 2.75) is 6.92 Å². The summed E-state index contributed by atoms with van der Waals surface area (Å²) in [6, 6.07) is 3.39. The third-order valence-corrected chi connectivity index (χ3v) is 3.12. The Bertz CT molecular complexity index is 471. The van der Waals surface area contributed by atoms with E-state index in [1.165, 1.54) is 0 Å². The van der Waals surface area contributed by atoms with E-state index in [0.29, 0.717) is 11.8 Å². The minimum Gasteiger partial charge on any atom is -0.507 e. The molecule has 13 heavy (non-hydrogen) atoms. The van der Waals surface area contributed by atoms with Crippen LogP contribution >= 0.6 is 11.3 Å². The number of aryl methyl sites for hydroxylation is 1. The van der Waals surface area contributed by atoms with E-state index in [4.69, 9.17) is 0 Å². The molecular weight excluding hydrogens is 184 g/mol. The molecule has 1 heterocycles. The Labute approximate surface area is 79.4 Å². The molecule has 2 nitrogen and oxygen atoms in total. The normalized spacial score (nSPS) is 10.5. The zero-order valence-electron chi connectivity index (χ0n) is 7.07. The van der Waals surface area contributed by atoms with Gasteiger partial charge in [-0.05, 0) is 30.0 Å². The average molecular weight is 192 g/mol. The minimum atomic E-state index is 0.0593. The van der Waals surface area contributed by atoms with E-state index in [9.17, 15) is 9.90 Å². The third kappa shape index (κ3) is 1.12. The van der Waals surface area contributed by atoms with Crippen molar-refractivity contribution in [2.75, 3.05) is 0 Å². The summed E-state index contributed by atoms with van der Waals surface area (Å²) in [5.41, 5.74) is 1.44. The van der Waals surface area contributed by atoms with E-state index in [2.05, 4.69) is 0 Å². The molecule has 0 fully saturated rings. The number of rotatable bonds is 1. The van der Waals surface area contributed by atoms with Gasteiger partial charge >= 0.3 is 0 Å². The minimum absolute atomic E-state index is 0.0593. The smallest absolute Gasteiger partial charge is 0.154 e. The number of benzene rings is 1. The number of carbonyl (C=O) groups excluding carboxylic acids is 1. The zero-order valence-corrected chi connectivity index (χ0v) is 7.89. The molecule has 66 valence electrons. The molecular formula is C10H8O2S. The molecule has 2 aromatic rings. The molecule has 1 N–H and O–H groups in total. The van der Waals surface area contributed by atoms with Gasteiger partial charge in [0.2, 0.25) is 0 Å². The van der Waals surface area contributed by atoms with E-state index in [1.807, 2.05) is 18.4 Å². The Morgan fingerprint density at radius 2 is 2.23 bits per heavy atom. The van der Waals surface area contributed by atoms with Crippen molar-refractivity contribution in [3.8, 4) is 5.75 Å². The topological polar surface area (TPSA) is 37.3 Å². The lowest BCUT2D eigenvalue weighted by Crippen LogP contribution is -1.83. The van der Waals surface area contributed by atoms with E-state index < -0.39 is 0 Å². The second-order valence-electron chi connectivity index (χ2n) is 2.91. The second-order valence-corrected chi connectivity index (χ2v) is 3.82. The van der Waals surface area contributed by atoms with E-state index in [0.717, 1.165) is 15.6 Å². The maximum Gasteiger partial charge on any atom is 0.154 e. The summed E-state index contributed by atoms with van der Waals surface area (Å²) < 4.78 is 1.04. The highest BCUT2D eigenvalue weighted by atomic mass is 32.1. The fraction of sp³-hybridized carbons (Fsp3) is 0.100. The number of phenols is 1. The number of phenolic OH excluding ortho intramolecular Hbond substituents is 1. The molecule has 0 spiro atoms. The highest BCUT2D eigenvalue weighted by Gasteiger charge is 2.09. The van der Waals surface area contributed by atoms with Crippen LogP contribution in [-0.4, -0.2) is 11.4 Å². The molecule has 0 amide bonds. The number of thiophene rings is 1. The summed E-state index contributed by atoms with van der Waals surface area (Å²) >= 11 is 1.58. The van der Waals surface area contributed by atoms with Crippen molar-refractivity contribution in [1.29, 1.82) is 0 Å². The van der Waals surface area contributed by atoms with Gasteiger partial charge in [-0.3, -0.25) is 4.79 Å². The average Bonchev–Trinajstić information content (AvgIpc) is 2.49. The molecule has 0 saturated heterocycles. The van der Waals surface area contributed by atoms with E-state index >= 15 is 0 Å². The predicted octanol–water partition coefficient (Wildman–Crippen LogP) is 2.73. The van der Waals surface area contributed by atoms with Crippen molar-refractivity contribution >= 4 is 27.7 Å². The Hall–Kier alpha value is -1.35. The summed E-state index contributed by atoms with van der Waals surface area (Å²) in [4.78, 5) is 10.7. The maximum atomic E-state index is 10.7. The first-order chi connectivity index (χ1) is 6.24. The van der Waals surface area contributed by atoms with Gasteiger partial charge in [0.25, 0.3) is 0 Å². The SMILES string of the molecule is Cc1csc2ccc(O)c(C=O)c12. The first-order valence-corrected chi connectivity index (χ1v) is 4.77. The predicted molar refractivity (Wildman–Crippen MR) is 53.6 cm³/mol. The number of carbonyl (C=O) groups is 1. The Balaban J connectivity index is 2.96. The van der Waals surface area contributed by atoms with Gasteiger partial charge in [-0.2, -0.15) is 0 Å². The van der Waals surface area contributed by atoms with Crippen molar-refractivity contribution in [1.82, 2.24) is 0 Å². The zero-order chi connectivity index (χ0) is 9.42. The van der Waals surface area contributed by atoms with Gasteiger partial charge < -0.3 is 5.11 Å². The lowest BCUT2D eigenvalue weighted by atomic mass is 10.1. The first-order valence-electron chi connectivity index (χ1n) is 3.89. The third-order valence-electron chi connectivity index (χ3n) is 2.06. The Morgan fingerprint density at radius 3 is 2.92 bits per heavy atom. The summed E-state index contributed by atoms with van der Waals surface area (Å²) in [6.07, 6.45) is 0.706. The molecule has 1 aromatic carbocycles. The fourth-order valence-corrected chi connectivity index (χ4v) is 2.38. The number of hydrogen-bond donors (Lipinski definition) is 1. The van der Waals surface area contributed by atoms with Gasteiger partial charge in [-0.1, -0.05) is 0 Å². The molecule has 3 heteroatoms. The first kappa shape index (κ1) is 8.26. The standard InChI is InChI=1S/C10H8O2S/c1-6-5-13-9-3-2-8(12)7(4-11)10(6)9/h2-5,12H,1H3. The number of aldehydes is 1. The van der Waals surface area contributed by atoms with Gasteiger partial charge in [-0.15, -0.1) is 11.3 Å². The van der Waals surface area contributed by atoms with Crippen LogP contribution in [0, 0.1) is 6.92 Å². The molecule has 0 unspecified atom stereocenters. The number of fused-ring (bicyclic) bond motifs is 1. The quantitative estimate of drug-likeness (QED) is 0.705. The highest BCUT2D eigenvalue weighted by Crippen LogP contribution is 2.32. The summed E-state index contributed by atoms with van der Waals surface area (Å²) in [6.45, 7) is 1.94. The number of hydrogen-bond acceptors (Lipinski definition) is 3. The summed E-state index contributed by atoms with van der Waals surface area (Å²) in [5, 5.41) is 12.3. The summed E-state index contributed by atoms with van der Waals surface area (Å²) in [5.74, 6) is 0.0593. The van der Waals surface area contributed by atoms with Gasteiger partial charge in [0.1, 0.15) is 5.75 Å². The van der Waals surface area contributed by atoms with Crippen molar-refractivity contribution in [3.63, 3.8) is 0 Å². The Morgan fingerprint density at radius 1 is 1.46 bits per heavy atom. The molecule has 0 atom stereocenters. The van der Waals surface area contributed by atoms with Crippen LogP contribution in [0.2, 0.25) is 0 Å². The molecule has 0 saturated carbocycles. The van der Waals surface area contributed by atoms with Gasteiger partial charge in [0.05, 0.1) is 5.56 Å². The van der Waals surface area contributed by atoms with Crippen LogP contribution in [-0.2, 0) is 0 Å². The molecule has 0 radical (unpaired) electrons. The van der Waals surface area contributed by atoms with Gasteiger partial charge in [-0.25, -0.2) is 0 Å². The van der Waals surface area contributed by atoms with Gasteiger partial charge in [0, 0.05) is 10.1 Å². The largest absolute Gasteiger partial charge is 0.507 e. The van der Waals surface area contributed by atoms with Crippen LogP contribution in [0.3, 0.4) is 0 Å². The molecule has 1 aromatic heterocycles. The van der Waals surface area contributed by atoms with Gasteiger partial charge in [0.15, 0.2) is 6.29 Å². The van der Waals surface area contributed by atoms with Crippen LogP contribution in [0.1, 0.15) is 15.9 Å². The molecule has 0 aliphatic carbocycles. The molecule has 2 rings (SSSR count). The van der Waals surface area contributed by atoms with Crippen LogP contribution in [0.5, 0.6) is 5.75 Å². The number of aromatic hydroxyl groups is 1. The Kier molecular flexibility index (Phi) is 1.81. The molecule has 0 aliphatic rings. The highest BCUT2D eigenvalue weighted by molar-refractivity contribution is 7.17. The van der Waals surface area contributed by atoms with E-state index in [1.54, 1.807) is 17.4 Å². The van der Waals surface area contributed by atoms with Crippen LogP contribution in [0.4, 0.5) is 0 Å². The van der Waals surface area contributed by atoms with Crippen molar-refractivity contribution < 1.29 is 9.90 Å². The molecule has 0 aliphatic heterocycles. The fourth-order valence-electron chi connectivity index (χ4n) is 1.42. The summed E-state index contributed by atoms with van der Waals surface area (Å²) in [7, 11) is 0. The maximum absolute atomic E-state index is 10.7. The monoisotopic (exact) mass is 192 g/mol. The molecule has 0 bridgehead atoms. The second kappa shape index (κ2) is 2.85. The van der Waals surface area contributed by atoms with Crippen molar-refractivity contribution in [2.24, 2.45) is 0 Å². The van der Waals surface area contributed by atoms with E-state index in [-0.39, 0.29) is 5.75 Å². The van der Waals surface area contributed by atoms with Crippen LogP contribution in [0.15, 0.2) is 17.5 Å². The van der Waals surface area contributed by atoms with Crippen LogP contribution < -0.4 is 0 Å². The van der Waals surface area contributed by atoms with Crippen LogP contribution in [0.25, 0.3) is 10.1 Å².